The summed E-state index contributed by atoms with van der Waals surface area (Å²) < 4.78 is 7.67. The maximum atomic E-state index is 10.4. The number of non-ortho nitro benzene ring substituents is 1. The fourth-order valence-corrected chi connectivity index (χ4v) is 1.87. The van der Waals surface area contributed by atoms with E-state index >= 15 is 0 Å². The maximum absolute atomic E-state index is 10.4. The van der Waals surface area contributed by atoms with Crippen molar-refractivity contribution in [1.82, 2.24) is 4.72 Å². The molecule has 7 heteroatoms. The van der Waals surface area contributed by atoms with Crippen LogP contribution in [-0.4, -0.2) is 36.9 Å². The third-order valence-electron chi connectivity index (χ3n) is 2.36. The third kappa shape index (κ3) is 15.5. The molecule has 0 saturated heterocycles. The van der Waals surface area contributed by atoms with E-state index < -0.39 is 0 Å². The SMILES string of the molecule is CC.CC(C)CCNSc1ccc([N+](=O)[O-])cc1.COCCO. The number of aliphatic hydroxyl groups is 1. The highest BCUT2D eigenvalue weighted by atomic mass is 32.2. The van der Waals surface area contributed by atoms with Crippen LogP contribution >= 0.6 is 11.9 Å². The van der Waals surface area contributed by atoms with Gasteiger partial charge in [-0.25, -0.2) is 0 Å². The van der Waals surface area contributed by atoms with Crippen LogP contribution in [-0.2, 0) is 4.74 Å². The Kier molecular flexibility index (Phi) is 18.0. The molecule has 2 N–H and O–H groups in total. The molecule has 0 atom stereocenters. The molecule has 0 amide bonds. The van der Waals surface area contributed by atoms with E-state index in [2.05, 4.69) is 23.3 Å². The second-order valence-electron chi connectivity index (χ2n) is 4.65. The first-order valence-electron chi connectivity index (χ1n) is 7.75. The Morgan fingerprint density at radius 3 is 2.22 bits per heavy atom. The molecule has 1 aromatic rings. The summed E-state index contributed by atoms with van der Waals surface area (Å²) >= 11 is 1.51. The number of aliphatic hydroxyl groups excluding tert-OH is 1. The van der Waals surface area contributed by atoms with Crippen molar-refractivity contribution in [1.29, 1.82) is 0 Å². The van der Waals surface area contributed by atoms with Gasteiger partial charge in [0.1, 0.15) is 0 Å². The molecule has 0 aliphatic carbocycles. The first-order chi connectivity index (χ1) is 11.0. The number of nitro benzene ring substituents is 1. The van der Waals surface area contributed by atoms with Crippen LogP contribution in [0.2, 0.25) is 0 Å². The molecule has 1 aromatic carbocycles. The quantitative estimate of drug-likeness (QED) is 0.321. The third-order valence-corrected chi connectivity index (χ3v) is 3.21. The minimum absolute atomic E-state index is 0.122. The largest absolute Gasteiger partial charge is 0.394 e. The van der Waals surface area contributed by atoms with Gasteiger partial charge in [0.15, 0.2) is 0 Å². The molecule has 0 saturated carbocycles. The molecule has 0 aliphatic heterocycles. The Balaban J connectivity index is 0. The van der Waals surface area contributed by atoms with E-state index in [1.807, 2.05) is 13.8 Å². The van der Waals surface area contributed by atoms with Gasteiger partial charge in [-0.05, 0) is 36.4 Å². The Morgan fingerprint density at radius 2 is 1.87 bits per heavy atom. The fraction of sp³-hybridized carbons (Fsp3) is 0.625. The molecule has 6 nitrogen and oxygen atoms in total. The van der Waals surface area contributed by atoms with E-state index in [1.165, 1.54) is 24.1 Å². The minimum Gasteiger partial charge on any atom is -0.394 e. The highest BCUT2D eigenvalue weighted by Crippen LogP contribution is 2.19. The predicted molar refractivity (Wildman–Crippen MR) is 96.7 cm³/mol. The summed E-state index contributed by atoms with van der Waals surface area (Å²) in [5.41, 5.74) is 0.131. The average molecular weight is 346 g/mol. The van der Waals surface area contributed by atoms with Crippen molar-refractivity contribution < 1.29 is 14.8 Å². The molecule has 0 bridgehead atoms. The average Bonchev–Trinajstić information content (AvgIpc) is 2.55. The van der Waals surface area contributed by atoms with Gasteiger partial charge in [-0.15, -0.1) is 0 Å². The number of ether oxygens (including phenoxy) is 1. The summed E-state index contributed by atoms with van der Waals surface area (Å²) in [6, 6.07) is 6.55. The van der Waals surface area contributed by atoms with Crippen molar-refractivity contribution in [2.75, 3.05) is 26.9 Å². The van der Waals surface area contributed by atoms with Crippen LogP contribution in [0.15, 0.2) is 29.2 Å². The number of nitrogens with zero attached hydrogens (tertiary/aromatic N) is 1. The van der Waals surface area contributed by atoms with E-state index in [4.69, 9.17) is 5.11 Å². The van der Waals surface area contributed by atoms with Crippen LogP contribution in [0, 0.1) is 16.0 Å². The molecule has 0 aromatic heterocycles. The minimum atomic E-state index is -0.388. The highest BCUT2D eigenvalue weighted by Gasteiger charge is 2.03. The number of benzene rings is 1. The number of methoxy groups -OCH3 is 1. The summed E-state index contributed by atoms with van der Waals surface area (Å²) in [6.45, 7) is 9.87. The first-order valence-corrected chi connectivity index (χ1v) is 8.56. The lowest BCUT2D eigenvalue weighted by Crippen LogP contribution is -2.07. The predicted octanol–water partition coefficient (Wildman–Crippen LogP) is 3.89. The van der Waals surface area contributed by atoms with E-state index in [9.17, 15) is 10.1 Å². The van der Waals surface area contributed by atoms with Gasteiger partial charge in [-0.2, -0.15) is 0 Å². The van der Waals surface area contributed by atoms with Crippen LogP contribution < -0.4 is 4.72 Å². The number of nitro groups is 1. The van der Waals surface area contributed by atoms with Crippen LogP contribution in [0.4, 0.5) is 5.69 Å². The second kappa shape index (κ2) is 17.2. The number of hydrogen-bond acceptors (Lipinski definition) is 6. The summed E-state index contributed by atoms with van der Waals surface area (Å²) in [5.74, 6) is 0.685. The van der Waals surface area contributed by atoms with Gasteiger partial charge in [0.25, 0.3) is 5.69 Å². The lowest BCUT2D eigenvalue weighted by atomic mass is 10.1. The van der Waals surface area contributed by atoms with Crippen molar-refractivity contribution in [2.45, 2.75) is 39.0 Å². The molecular formula is C16H30N2O4S. The van der Waals surface area contributed by atoms with Crippen molar-refractivity contribution >= 4 is 17.6 Å². The molecule has 0 radical (unpaired) electrons. The zero-order chi connectivity index (χ0) is 18.1. The van der Waals surface area contributed by atoms with Gasteiger partial charge >= 0.3 is 0 Å². The molecule has 1 rings (SSSR count). The lowest BCUT2D eigenvalue weighted by molar-refractivity contribution is -0.384. The molecule has 0 aliphatic rings. The van der Waals surface area contributed by atoms with E-state index in [0.717, 1.165) is 17.9 Å². The summed E-state index contributed by atoms with van der Waals surface area (Å²) in [7, 11) is 1.55. The first kappa shape index (κ1) is 24.1. The van der Waals surface area contributed by atoms with Crippen LogP contribution in [0.25, 0.3) is 0 Å². The van der Waals surface area contributed by atoms with Crippen LogP contribution in [0.3, 0.4) is 0 Å². The van der Waals surface area contributed by atoms with E-state index in [-0.39, 0.29) is 17.2 Å². The number of nitrogens with one attached hydrogen (secondary N) is 1. The smallest absolute Gasteiger partial charge is 0.269 e. The summed E-state index contributed by atoms with van der Waals surface area (Å²) in [6.07, 6.45) is 1.12. The topological polar surface area (TPSA) is 84.6 Å². The van der Waals surface area contributed by atoms with Crippen LogP contribution in [0.5, 0.6) is 0 Å². The van der Waals surface area contributed by atoms with Gasteiger partial charge in [-0.1, -0.05) is 27.7 Å². The normalized spacial score (nSPS) is 9.52. The van der Waals surface area contributed by atoms with Crippen molar-refractivity contribution in [3.63, 3.8) is 0 Å². The molecule has 23 heavy (non-hydrogen) atoms. The number of rotatable bonds is 8. The van der Waals surface area contributed by atoms with Gasteiger partial charge in [0.05, 0.1) is 18.1 Å². The van der Waals surface area contributed by atoms with Crippen molar-refractivity contribution in [3.8, 4) is 0 Å². The fourth-order valence-electron chi connectivity index (χ4n) is 1.21. The van der Waals surface area contributed by atoms with Gasteiger partial charge in [0, 0.05) is 30.7 Å². The second-order valence-corrected chi connectivity index (χ2v) is 5.61. The Morgan fingerprint density at radius 1 is 1.30 bits per heavy atom. The molecule has 0 fully saturated rings. The molecule has 0 unspecified atom stereocenters. The Hall–Kier alpha value is -1.15. The molecule has 0 heterocycles. The van der Waals surface area contributed by atoms with Crippen LogP contribution in [0.1, 0.15) is 34.1 Å². The Bertz CT molecular complexity index is 384. The van der Waals surface area contributed by atoms with E-state index in [0.29, 0.717) is 12.5 Å². The summed E-state index contributed by atoms with van der Waals surface area (Å²) in [4.78, 5) is 11.0. The number of hydrogen-bond donors (Lipinski definition) is 2. The van der Waals surface area contributed by atoms with Crippen molar-refractivity contribution in [2.24, 2.45) is 5.92 Å². The molecule has 0 spiro atoms. The van der Waals surface area contributed by atoms with Gasteiger partial charge < -0.3 is 9.84 Å². The highest BCUT2D eigenvalue weighted by molar-refractivity contribution is 7.97. The van der Waals surface area contributed by atoms with Crippen molar-refractivity contribution in [3.05, 3.63) is 34.4 Å². The lowest BCUT2D eigenvalue weighted by Gasteiger charge is -2.05. The Labute approximate surface area is 143 Å². The summed E-state index contributed by atoms with van der Waals surface area (Å²) in [5, 5.41) is 18.4. The molecular weight excluding hydrogens is 316 g/mol. The maximum Gasteiger partial charge on any atom is 0.269 e. The monoisotopic (exact) mass is 346 g/mol. The zero-order valence-electron chi connectivity index (χ0n) is 14.7. The van der Waals surface area contributed by atoms with Gasteiger partial charge in [-0.3, -0.25) is 14.8 Å². The standard InChI is InChI=1S/C11H16N2O2S.C3H8O2.C2H6/c1-9(2)7-8-12-16-11-5-3-10(4-6-11)13(14)15;1-5-3-2-4;1-2/h3-6,9,12H,7-8H2,1-2H3;4H,2-3H2,1H3;1-2H3. The zero-order valence-corrected chi connectivity index (χ0v) is 15.6. The van der Waals surface area contributed by atoms with Gasteiger partial charge in [0.2, 0.25) is 0 Å². The van der Waals surface area contributed by atoms with E-state index in [1.54, 1.807) is 19.2 Å². The molecule has 134 valence electrons.